The van der Waals surface area contributed by atoms with Crippen LogP contribution in [0.5, 0.6) is 0 Å². The zero-order valence-electron chi connectivity index (χ0n) is 13.7. The summed E-state index contributed by atoms with van der Waals surface area (Å²) in [5.41, 5.74) is 1.23. The highest BCUT2D eigenvalue weighted by Crippen LogP contribution is 2.11. The highest BCUT2D eigenvalue weighted by molar-refractivity contribution is 6.29. The first kappa shape index (κ1) is 19.0. The van der Waals surface area contributed by atoms with Gasteiger partial charge in [-0.15, -0.1) is 11.6 Å². The van der Waals surface area contributed by atoms with Crippen molar-refractivity contribution < 1.29 is 14.3 Å². The van der Waals surface area contributed by atoms with Crippen molar-refractivity contribution in [1.29, 1.82) is 0 Å². The van der Waals surface area contributed by atoms with Crippen LogP contribution < -0.4 is 10.6 Å². The maximum atomic E-state index is 11.4. The van der Waals surface area contributed by atoms with Crippen LogP contribution in [-0.2, 0) is 9.53 Å². The Balaban J connectivity index is 2.32. The van der Waals surface area contributed by atoms with Crippen LogP contribution >= 0.6 is 11.6 Å². The third kappa shape index (κ3) is 8.88. The van der Waals surface area contributed by atoms with E-state index in [1.807, 2.05) is 57.2 Å². The largest absolute Gasteiger partial charge is 0.444 e. The van der Waals surface area contributed by atoms with E-state index in [2.05, 4.69) is 10.6 Å². The molecule has 0 radical (unpaired) electrons. The Morgan fingerprint density at radius 1 is 1.22 bits per heavy atom. The lowest BCUT2D eigenvalue weighted by Crippen LogP contribution is -2.32. The van der Waals surface area contributed by atoms with Gasteiger partial charge in [0.1, 0.15) is 11.5 Å². The van der Waals surface area contributed by atoms with Crippen molar-refractivity contribution >= 4 is 35.4 Å². The lowest BCUT2D eigenvalue weighted by Gasteiger charge is -2.19. The molecule has 0 atom stereocenters. The molecule has 2 amide bonds. The van der Waals surface area contributed by atoms with E-state index in [1.165, 1.54) is 0 Å². The summed E-state index contributed by atoms with van der Waals surface area (Å²) in [6.07, 6.45) is 4.20. The number of alkyl halides is 1. The van der Waals surface area contributed by atoms with Crippen molar-refractivity contribution in [2.24, 2.45) is 0 Å². The van der Waals surface area contributed by atoms with Crippen LogP contribution in [0, 0.1) is 0 Å². The summed E-state index contributed by atoms with van der Waals surface area (Å²) in [7, 11) is 0. The van der Waals surface area contributed by atoms with Crippen molar-refractivity contribution in [3.05, 3.63) is 35.9 Å². The predicted molar refractivity (Wildman–Crippen MR) is 93.7 cm³/mol. The van der Waals surface area contributed by atoms with E-state index in [0.717, 1.165) is 5.56 Å². The molecule has 6 heteroatoms. The summed E-state index contributed by atoms with van der Waals surface area (Å²) in [6, 6.07) is 7.40. The quantitative estimate of drug-likeness (QED) is 0.612. The molecule has 0 saturated carbocycles. The van der Waals surface area contributed by atoms with Crippen LogP contribution in [0.4, 0.5) is 10.5 Å². The van der Waals surface area contributed by atoms with E-state index >= 15 is 0 Å². The standard InChI is InChI=1S/C17H23ClN2O3/c1-17(2,3)23-16(22)19-11-5-4-6-13-7-9-14(10-8-13)20-15(21)12-18/h4,6-10H,5,11-12H2,1-3H3,(H,19,22)(H,20,21). The normalized spacial score (nSPS) is 11.3. The highest BCUT2D eigenvalue weighted by atomic mass is 35.5. The number of alkyl carbamates (subject to hydrolysis) is 1. The second-order valence-corrected chi connectivity index (χ2v) is 6.19. The minimum absolute atomic E-state index is 0.0632. The fraction of sp³-hybridized carbons (Fsp3) is 0.412. The molecular weight excluding hydrogens is 316 g/mol. The molecule has 0 aliphatic rings. The molecule has 0 saturated heterocycles. The summed E-state index contributed by atoms with van der Waals surface area (Å²) in [5, 5.41) is 5.36. The Morgan fingerprint density at radius 3 is 2.43 bits per heavy atom. The van der Waals surface area contributed by atoms with Crippen LogP contribution in [0.1, 0.15) is 32.8 Å². The van der Waals surface area contributed by atoms with E-state index in [0.29, 0.717) is 18.7 Å². The number of anilines is 1. The number of halogens is 1. The maximum Gasteiger partial charge on any atom is 0.407 e. The van der Waals surface area contributed by atoms with Crippen LogP contribution in [-0.4, -0.2) is 30.0 Å². The molecule has 0 heterocycles. The van der Waals surface area contributed by atoms with Gasteiger partial charge in [-0.3, -0.25) is 4.79 Å². The van der Waals surface area contributed by atoms with Crippen molar-refractivity contribution in [1.82, 2.24) is 5.32 Å². The summed E-state index contributed by atoms with van der Waals surface area (Å²) in [5.74, 6) is -0.296. The van der Waals surface area contributed by atoms with Gasteiger partial charge in [0.15, 0.2) is 0 Å². The third-order valence-corrected chi connectivity index (χ3v) is 2.85. The Hall–Kier alpha value is -2.01. The summed E-state index contributed by atoms with van der Waals surface area (Å²) in [6.45, 7) is 5.98. The number of rotatable bonds is 6. The summed E-state index contributed by atoms with van der Waals surface area (Å²) in [4.78, 5) is 22.6. The van der Waals surface area contributed by atoms with Gasteiger partial charge in [-0.25, -0.2) is 4.79 Å². The first-order chi connectivity index (χ1) is 10.8. The monoisotopic (exact) mass is 338 g/mol. The van der Waals surface area contributed by atoms with Gasteiger partial charge < -0.3 is 15.4 Å². The minimum Gasteiger partial charge on any atom is -0.444 e. The Kier molecular flexibility index (Phi) is 7.62. The molecule has 0 aromatic heterocycles. The number of carbonyl (C=O) groups excluding carboxylic acids is 2. The number of nitrogens with one attached hydrogen (secondary N) is 2. The zero-order chi connectivity index (χ0) is 17.3. The number of carbonyl (C=O) groups is 2. The third-order valence-electron chi connectivity index (χ3n) is 2.61. The smallest absolute Gasteiger partial charge is 0.407 e. The molecule has 0 aliphatic carbocycles. The Labute approximate surface area is 142 Å². The SMILES string of the molecule is CC(C)(C)OC(=O)NCCC=Cc1ccc(NC(=O)CCl)cc1. The van der Waals surface area contributed by atoms with Crippen LogP contribution in [0.3, 0.4) is 0 Å². The van der Waals surface area contributed by atoms with Gasteiger partial charge in [0.05, 0.1) is 0 Å². The number of hydrogen-bond acceptors (Lipinski definition) is 3. The van der Waals surface area contributed by atoms with E-state index in [-0.39, 0.29) is 11.8 Å². The number of benzene rings is 1. The topological polar surface area (TPSA) is 67.4 Å². The molecule has 1 rings (SSSR count). The van der Waals surface area contributed by atoms with Gasteiger partial charge >= 0.3 is 6.09 Å². The molecule has 0 spiro atoms. The predicted octanol–water partition coefficient (Wildman–Crippen LogP) is 3.79. The van der Waals surface area contributed by atoms with Gasteiger partial charge in [-0.05, 0) is 44.9 Å². The zero-order valence-corrected chi connectivity index (χ0v) is 14.4. The number of hydrogen-bond donors (Lipinski definition) is 2. The molecular formula is C17H23ClN2O3. The Morgan fingerprint density at radius 2 is 1.87 bits per heavy atom. The van der Waals surface area contributed by atoms with Crippen molar-refractivity contribution in [2.75, 3.05) is 17.7 Å². The van der Waals surface area contributed by atoms with E-state index < -0.39 is 11.7 Å². The van der Waals surface area contributed by atoms with Gasteiger partial charge in [-0.1, -0.05) is 24.3 Å². The van der Waals surface area contributed by atoms with Crippen LogP contribution in [0.2, 0.25) is 0 Å². The van der Waals surface area contributed by atoms with Crippen molar-refractivity contribution in [3.63, 3.8) is 0 Å². The van der Waals surface area contributed by atoms with E-state index in [1.54, 1.807) is 0 Å². The first-order valence-corrected chi connectivity index (χ1v) is 7.93. The molecule has 0 fully saturated rings. The fourth-order valence-electron chi connectivity index (χ4n) is 1.66. The molecule has 0 aliphatic heterocycles. The number of amides is 2. The average molecular weight is 339 g/mol. The average Bonchev–Trinajstić information content (AvgIpc) is 2.46. The lowest BCUT2D eigenvalue weighted by molar-refractivity contribution is -0.113. The molecule has 126 valence electrons. The summed E-state index contributed by atoms with van der Waals surface area (Å²) >= 11 is 5.43. The van der Waals surface area contributed by atoms with E-state index in [9.17, 15) is 9.59 Å². The highest BCUT2D eigenvalue weighted by Gasteiger charge is 2.15. The fourth-order valence-corrected chi connectivity index (χ4v) is 1.73. The van der Waals surface area contributed by atoms with Gasteiger partial charge in [0.2, 0.25) is 5.91 Å². The molecule has 1 aromatic rings. The second kappa shape index (κ2) is 9.20. The Bertz CT molecular complexity index is 548. The number of ether oxygens (including phenoxy) is 1. The second-order valence-electron chi connectivity index (χ2n) is 5.92. The van der Waals surface area contributed by atoms with Gasteiger partial charge in [-0.2, -0.15) is 0 Å². The molecule has 0 unspecified atom stereocenters. The molecule has 2 N–H and O–H groups in total. The van der Waals surface area contributed by atoms with Crippen LogP contribution in [0.15, 0.2) is 30.3 Å². The molecule has 0 bridgehead atoms. The lowest BCUT2D eigenvalue weighted by atomic mass is 10.2. The maximum absolute atomic E-state index is 11.4. The van der Waals surface area contributed by atoms with E-state index in [4.69, 9.17) is 16.3 Å². The van der Waals surface area contributed by atoms with Crippen molar-refractivity contribution in [2.45, 2.75) is 32.8 Å². The van der Waals surface area contributed by atoms with Crippen LogP contribution in [0.25, 0.3) is 6.08 Å². The molecule has 1 aromatic carbocycles. The van der Waals surface area contributed by atoms with Crippen molar-refractivity contribution in [3.8, 4) is 0 Å². The molecule has 5 nitrogen and oxygen atoms in total. The minimum atomic E-state index is -0.486. The first-order valence-electron chi connectivity index (χ1n) is 7.39. The van der Waals surface area contributed by atoms with Gasteiger partial charge in [0, 0.05) is 12.2 Å². The van der Waals surface area contributed by atoms with Gasteiger partial charge in [0.25, 0.3) is 0 Å². The molecule has 23 heavy (non-hydrogen) atoms. The summed E-state index contributed by atoms with van der Waals surface area (Å²) < 4.78 is 5.14.